The van der Waals surface area contributed by atoms with Gasteiger partial charge in [0.25, 0.3) is 0 Å². The SMILES string of the molecule is Cc1cc(N(CCC(=O)O)Cc2ccccc2C(=O)O)ccc1Cl. The van der Waals surface area contributed by atoms with Gasteiger partial charge in [0.2, 0.25) is 0 Å². The van der Waals surface area contributed by atoms with E-state index in [-0.39, 0.29) is 18.5 Å². The summed E-state index contributed by atoms with van der Waals surface area (Å²) < 4.78 is 0. The Balaban J connectivity index is 2.34. The van der Waals surface area contributed by atoms with E-state index in [9.17, 15) is 14.7 Å². The molecule has 0 aromatic heterocycles. The van der Waals surface area contributed by atoms with Crippen molar-refractivity contribution in [1.29, 1.82) is 0 Å². The van der Waals surface area contributed by atoms with Crippen LogP contribution in [0.15, 0.2) is 42.5 Å². The summed E-state index contributed by atoms with van der Waals surface area (Å²) in [5.74, 6) is -1.91. The first-order valence-corrected chi connectivity index (χ1v) is 7.80. The minimum atomic E-state index is -1.00. The number of carboxylic acids is 2. The molecule has 0 saturated heterocycles. The molecule has 0 aliphatic heterocycles. The molecule has 0 fully saturated rings. The molecule has 0 bridgehead atoms. The molecule has 0 heterocycles. The lowest BCUT2D eigenvalue weighted by molar-refractivity contribution is -0.136. The van der Waals surface area contributed by atoms with E-state index in [0.717, 1.165) is 11.3 Å². The molecule has 5 nitrogen and oxygen atoms in total. The maximum absolute atomic E-state index is 11.4. The molecule has 2 aromatic rings. The normalized spacial score (nSPS) is 10.4. The van der Waals surface area contributed by atoms with Gasteiger partial charge < -0.3 is 15.1 Å². The Morgan fingerprint density at radius 2 is 1.83 bits per heavy atom. The Hall–Kier alpha value is -2.53. The molecule has 6 heteroatoms. The number of anilines is 1. The van der Waals surface area contributed by atoms with Gasteiger partial charge >= 0.3 is 11.9 Å². The summed E-state index contributed by atoms with van der Waals surface area (Å²) in [6.07, 6.45) is -0.0447. The van der Waals surface area contributed by atoms with E-state index < -0.39 is 11.9 Å². The van der Waals surface area contributed by atoms with Crippen LogP contribution < -0.4 is 4.90 Å². The first-order chi connectivity index (χ1) is 11.4. The highest BCUT2D eigenvalue weighted by Crippen LogP contribution is 2.25. The monoisotopic (exact) mass is 347 g/mol. The second kappa shape index (κ2) is 7.84. The molecule has 0 unspecified atom stereocenters. The lowest BCUT2D eigenvalue weighted by atomic mass is 10.1. The van der Waals surface area contributed by atoms with Gasteiger partial charge in [-0.3, -0.25) is 4.79 Å². The van der Waals surface area contributed by atoms with Crippen molar-refractivity contribution in [2.45, 2.75) is 19.9 Å². The highest BCUT2D eigenvalue weighted by molar-refractivity contribution is 6.31. The first-order valence-electron chi connectivity index (χ1n) is 7.42. The van der Waals surface area contributed by atoms with E-state index in [1.165, 1.54) is 0 Å². The molecule has 0 radical (unpaired) electrons. The maximum Gasteiger partial charge on any atom is 0.336 e. The van der Waals surface area contributed by atoms with Crippen LogP contribution >= 0.6 is 11.6 Å². The van der Waals surface area contributed by atoms with Crippen molar-refractivity contribution >= 4 is 29.2 Å². The van der Waals surface area contributed by atoms with Crippen LogP contribution in [-0.4, -0.2) is 28.7 Å². The fraction of sp³-hybridized carbons (Fsp3) is 0.222. The summed E-state index contributed by atoms with van der Waals surface area (Å²) in [5, 5.41) is 18.9. The van der Waals surface area contributed by atoms with Gasteiger partial charge in [-0.15, -0.1) is 0 Å². The third-order valence-corrected chi connectivity index (χ3v) is 4.14. The average molecular weight is 348 g/mol. The predicted molar refractivity (Wildman–Crippen MR) is 92.9 cm³/mol. The second-order valence-electron chi connectivity index (χ2n) is 5.46. The number of rotatable bonds is 7. The van der Waals surface area contributed by atoms with Crippen LogP contribution in [0, 0.1) is 6.92 Å². The molecular weight excluding hydrogens is 330 g/mol. The summed E-state index contributed by atoms with van der Waals surface area (Å²) in [4.78, 5) is 24.2. The molecule has 2 N–H and O–H groups in total. The molecule has 0 atom stereocenters. The van der Waals surface area contributed by atoms with Gasteiger partial charge in [-0.2, -0.15) is 0 Å². The zero-order valence-corrected chi connectivity index (χ0v) is 14.0. The number of nitrogens with zero attached hydrogens (tertiary/aromatic N) is 1. The predicted octanol–water partition coefficient (Wildman–Crippen LogP) is 3.83. The van der Waals surface area contributed by atoms with Crippen LogP contribution in [0.2, 0.25) is 5.02 Å². The minimum absolute atomic E-state index is 0.0447. The summed E-state index contributed by atoms with van der Waals surface area (Å²) in [7, 11) is 0. The maximum atomic E-state index is 11.4. The molecule has 0 aliphatic carbocycles. The zero-order chi connectivity index (χ0) is 17.7. The Bertz CT molecular complexity index is 760. The molecule has 0 spiro atoms. The zero-order valence-electron chi connectivity index (χ0n) is 13.2. The molecule has 24 heavy (non-hydrogen) atoms. The van der Waals surface area contributed by atoms with E-state index in [4.69, 9.17) is 16.7 Å². The summed E-state index contributed by atoms with van der Waals surface area (Å²) in [6.45, 7) is 2.44. The standard InChI is InChI=1S/C18H18ClNO4/c1-12-10-14(6-7-16(12)19)20(9-8-17(21)22)11-13-4-2-3-5-15(13)18(23)24/h2-7,10H,8-9,11H2,1H3,(H,21,22)(H,23,24). The van der Waals surface area contributed by atoms with Crippen molar-refractivity contribution in [2.24, 2.45) is 0 Å². The van der Waals surface area contributed by atoms with E-state index >= 15 is 0 Å². The van der Waals surface area contributed by atoms with E-state index in [0.29, 0.717) is 17.1 Å². The number of benzene rings is 2. The van der Waals surface area contributed by atoms with Gasteiger partial charge in [-0.1, -0.05) is 29.8 Å². The van der Waals surface area contributed by atoms with Gasteiger partial charge in [0.1, 0.15) is 0 Å². The summed E-state index contributed by atoms with van der Waals surface area (Å²) in [6, 6.07) is 12.1. The number of hydrogen-bond acceptors (Lipinski definition) is 3. The fourth-order valence-electron chi connectivity index (χ4n) is 2.43. The van der Waals surface area contributed by atoms with Crippen molar-refractivity contribution < 1.29 is 19.8 Å². The van der Waals surface area contributed by atoms with Crippen LogP contribution in [-0.2, 0) is 11.3 Å². The van der Waals surface area contributed by atoms with Crippen molar-refractivity contribution in [3.63, 3.8) is 0 Å². The second-order valence-corrected chi connectivity index (χ2v) is 5.87. The molecule has 2 aromatic carbocycles. The number of aromatic carboxylic acids is 1. The number of halogens is 1. The van der Waals surface area contributed by atoms with Gasteiger partial charge in [-0.25, -0.2) is 4.79 Å². The van der Waals surface area contributed by atoms with Crippen LogP contribution in [0.25, 0.3) is 0 Å². The van der Waals surface area contributed by atoms with Crippen molar-refractivity contribution in [2.75, 3.05) is 11.4 Å². The van der Waals surface area contributed by atoms with Crippen LogP contribution in [0.5, 0.6) is 0 Å². The van der Waals surface area contributed by atoms with Crippen molar-refractivity contribution in [3.8, 4) is 0 Å². The molecule has 2 rings (SSSR count). The number of carbonyl (C=O) groups is 2. The lowest BCUT2D eigenvalue weighted by Crippen LogP contribution is -2.26. The molecule has 0 saturated carbocycles. The van der Waals surface area contributed by atoms with Crippen molar-refractivity contribution in [1.82, 2.24) is 0 Å². The largest absolute Gasteiger partial charge is 0.481 e. The summed E-state index contributed by atoms with van der Waals surface area (Å²) >= 11 is 6.05. The van der Waals surface area contributed by atoms with E-state index in [2.05, 4.69) is 0 Å². The molecule has 0 amide bonds. The Labute approximate surface area is 145 Å². The number of carboxylic acid groups (broad SMARTS) is 2. The highest BCUT2D eigenvalue weighted by atomic mass is 35.5. The third kappa shape index (κ3) is 4.49. The molecule has 126 valence electrons. The van der Waals surface area contributed by atoms with Crippen molar-refractivity contribution in [3.05, 3.63) is 64.2 Å². The van der Waals surface area contributed by atoms with Gasteiger partial charge in [0.05, 0.1) is 12.0 Å². The number of aryl methyl sites for hydroxylation is 1. The minimum Gasteiger partial charge on any atom is -0.481 e. The molecule has 0 aliphatic rings. The first kappa shape index (κ1) is 17.8. The topological polar surface area (TPSA) is 77.8 Å². The molecular formula is C18H18ClNO4. The van der Waals surface area contributed by atoms with Gasteiger partial charge in [0.15, 0.2) is 0 Å². The van der Waals surface area contributed by atoms with E-state index in [1.807, 2.05) is 17.9 Å². The van der Waals surface area contributed by atoms with Crippen LogP contribution in [0.4, 0.5) is 5.69 Å². The summed E-state index contributed by atoms with van der Waals surface area (Å²) in [5.41, 5.74) is 2.52. The van der Waals surface area contributed by atoms with Gasteiger partial charge in [0, 0.05) is 23.8 Å². The Morgan fingerprint density at radius 3 is 2.46 bits per heavy atom. The smallest absolute Gasteiger partial charge is 0.336 e. The third-order valence-electron chi connectivity index (χ3n) is 3.71. The Kier molecular flexibility index (Phi) is 5.82. The quantitative estimate of drug-likeness (QED) is 0.796. The van der Waals surface area contributed by atoms with Gasteiger partial charge in [-0.05, 0) is 42.3 Å². The highest BCUT2D eigenvalue weighted by Gasteiger charge is 2.15. The number of hydrogen-bond donors (Lipinski definition) is 2. The fourth-order valence-corrected chi connectivity index (χ4v) is 2.55. The lowest BCUT2D eigenvalue weighted by Gasteiger charge is -2.25. The van der Waals surface area contributed by atoms with Crippen LogP contribution in [0.3, 0.4) is 0 Å². The Morgan fingerprint density at radius 1 is 1.12 bits per heavy atom. The number of aliphatic carboxylic acids is 1. The van der Waals surface area contributed by atoms with E-state index in [1.54, 1.807) is 36.4 Å². The van der Waals surface area contributed by atoms with Crippen LogP contribution in [0.1, 0.15) is 27.9 Å². The average Bonchev–Trinajstić information content (AvgIpc) is 2.54.